The average Bonchev–Trinajstić information content (AvgIpc) is 2.25. The number of hydrogen-bond donors (Lipinski definition) is 2. The summed E-state index contributed by atoms with van der Waals surface area (Å²) in [5.74, 6) is -1.02. The van der Waals surface area contributed by atoms with E-state index in [0.29, 0.717) is 6.54 Å². The van der Waals surface area contributed by atoms with E-state index >= 15 is 0 Å². The highest BCUT2D eigenvalue weighted by atomic mass is 16.4. The Morgan fingerprint density at radius 2 is 2.00 bits per heavy atom. The van der Waals surface area contributed by atoms with E-state index in [-0.39, 0.29) is 24.9 Å². The van der Waals surface area contributed by atoms with Crippen LogP contribution in [0.15, 0.2) is 18.2 Å². The molecular formula is C14H18N2O3. The molecule has 102 valence electrons. The normalized spacial score (nSPS) is 19.2. The summed E-state index contributed by atoms with van der Waals surface area (Å²) in [5, 5.41) is 11.5. The van der Waals surface area contributed by atoms with Crippen molar-refractivity contribution in [3.63, 3.8) is 0 Å². The SMILES string of the molecule is Cc1cc(C)cc(N2CC(=O)NC(CC(=O)O)C2)c1. The van der Waals surface area contributed by atoms with Gasteiger partial charge in [-0.25, -0.2) is 0 Å². The van der Waals surface area contributed by atoms with Crippen LogP contribution in [-0.2, 0) is 9.59 Å². The van der Waals surface area contributed by atoms with Crippen molar-refractivity contribution in [1.82, 2.24) is 5.32 Å². The molecule has 1 atom stereocenters. The lowest BCUT2D eigenvalue weighted by Crippen LogP contribution is -2.54. The summed E-state index contributed by atoms with van der Waals surface area (Å²) < 4.78 is 0. The van der Waals surface area contributed by atoms with Gasteiger partial charge < -0.3 is 15.3 Å². The Bertz CT molecular complexity index is 491. The minimum atomic E-state index is -0.896. The van der Waals surface area contributed by atoms with Crippen LogP contribution >= 0.6 is 0 Å². The van der Waals surface area contributed by atoms with Gasteiger partial charge in [-0.2, -0.15) is 0 Å². The van der Waals surface area contributed by atoms with E-state index in [1.807, 2.05) is 30.9 Å². The van der Waals surface area contributed by atoms with E-state index in [4.69, 9.17) is 5.11 Å². The van der Waals surface area contributed by atoms with Gasteiger partial charge in [0.2, 0.25) is 5.91 Å². The molecule has 0 aromatic heterocycles. The highest BCUT2D eigenvalue weighted by molar-refractivity contribution is 5.84. The van der Waals surface area contributed by atoms with E-state index in [0.717, 1.165) is 16.8 Å². The zero-order chi connectivity index (χ0) is 14.0. The summed E-state index contributed by atoms with van der Waals surface area (Å²) in [4.78, 5) is 24.4. The minimum absolute atomic E-state index is 0.0486. The predicted octanol–water partition coefficient (Wildman–Crippen LogP) is 1.08. The number of nitrogens with zero attached hydrogens (tertiary/aromatic N) is 1. The topological polar surface area (TPSA) is 69.6 Å². The van der Waals surface area contributed by atoms with Crippen LogP contribution in [0.2, 0.25) is 0 Å². The number of carbonyl (C=O) groups is 2. The second-order valence-corrected chi connectivity index (χ2v) is 5.09. The molecule has 5 heteroatoms. The number of anilines is 1. The maximum absolute atomic E-state index is 11.7. The molecule has 1 aliphatic heterocycles. The molecule has 1 saturated heterocycles. The van der Waals surface area contributed by atoms with Gasteiger partial charge in [0, 0.05) is 12.2 Å². The number of piperazine rings is 1. The first-order valence-corrected chi connectivity index (χ1v) is 6.28. The van der Waals surface area contributed by atoms with Crippen molar-refractivity contribution in [1.29, 1.82) is 0 Å². The number of aryl methyl sites for hydroxylation is 2. The maximum atomic E-state index is 11.7. The molecule has 1 aliphatic rings. The third-order valence-electron chi connectivity index (χ3n) is 3.13. The first kappa shape index (κ1) is 13.4. The van der Waals surface area contributed by atoms with Crippen LogP contribution in [-0.4, -0.2) is 36.1 Å². The summed E-state index contributed by atoms with van der Waals surface area (Å²) in [7, 11) is 0. The molecule has 1 amide bonds. The van der Waals surface area contributed by atoms with Gasteiger partial charge >= 0.3 is 5.97 Å². The largest absolute Gasteiger partial charge is 0.481 e. The zero-order valence-corrected chi connectivity index (χ0v) is 11.1. The molecule has 1 aromatic rings. The highest BCUT2D eigenvalue weighted by Crippen LogP contribution is 2.20. The Balaban J connectivity index is 2.18. The van der Waals surface area contributed by atoms with E-state index in [1.165, 1.54) is 0 Å². The van der Waals surface area contributed by atoms with Crippen molar-refractivity contribution in [2.24, 2.45) is 0 Å². The molecule has 2 rings (SSSR count). The van der Waals surface area contributed by atoms with Gasteiger partial charge in [0.15, 0.2) is 0 Å². The Hall–Kier alpha value is -2.04. The monoisotopic (exact) mass is 262 g/mol. The fraction of sp³-hybridized carbons (Fsp3) is 0.429. The van der Waals surface area contributed by atoms with Crippen molar-refractivity contribution in [3.8, 4) is 0 Å². The summed E-state index contributed by atoms with van der Waals surface area (Å²) in [5.41, 5.74) is 3.24. The van der Waals surface area contributed by atoms with Gasteiger partial charge in [-0.1, -0.05) is 6.07 Å². The molecule has 0 aliphatic carbocycles. The Morgan fingerprint density at radius 3 is 2.58 bits per heavy atom. The fourth-order valence-electron chi connectivity index (χ4n) is 2.48. The number of carboxylic acids is 1. The molecule has 0 saturated carbocycles. The van der Waals surface area contributed by atoms with Crippen molar-refractivity contribution in [2.75, 3.05) is 18.0 Å². The van der Waals surface area contributed by atoms with Crippen molar-refractivity contribution in [2.45, 2.75) is 26.3 Å². The Morgan fingerprint density at radius 1 is 1.37 bits per heavy atom. The van der Waals surface area contributed by atoms with Crippen LogP contribution in [0.1, 0.15) is 17.5 Å². The van der Waals surface area contributed by atoms with Crippen LogP contribution in [0.5, 0.6) is 0 Å². The van der Waals surface area contributed by atoms with Gasteiger partial charge in [-0.15, -0.1) is 0 Å². The molecule has 0 spiro atoms. The van der Waals surface area contributed by atoms with Gasteiger partial charge in [-0.3, -0.25) is 9.59 Å². The van der Waals surface area contributed by atoms with Crippen molar-refractivity contribution in [3.05, 3.63) is 29.3 Å². The van der Waals surface area contributed by atoms with Gasteiger partial charge in [0.1, 0.15) is 0 Å². The first-order chi connectivity index (χ1) is 8.94. The van der Waals surface area contributed by atoms with Gasteiger partial charge in [0.25, 0.3) is 0 Å². The minimum Gasteiger partial charge on any atom is -0.481 e. The lowest BCUT2D eigenvalue weighted by molar-refractivity contribution is -0.137. The summed E-state index contributed by atoms with van der Waals surface area (Å²) in [6, 6.07) is 5.77. The number of hydrogen-bond acceptors (Lipinski definition) is 3. The standard InChI is InChI=1S/C14H18N2O3/c1-9-3-10(2)5-12(4-9)16-7-11(6-14(18)19)15-13(17)8-16/h3-5,11H,6-8H2,1-2H3,(H,15,17)(H,18,19). The van der Waals surface area contributed by atoms with E-state index in [9.17, 15) is 9.59 Å². The number of amides is 1. The van der Waals surface area contributed by atoms with Crippen LogP contribution in [0.25, 0.3) is 0 Å². The number of carboxylic acid groups (broad SMARTS) is 1. The molecule has 0 bridgehead atoms. The lowest BCUT2D eigenvalue weighted by atomic mass is 10.1. The van der Waals surface area contributed by atoms with Crippen molar-refractivity contribution >= 4 is 17.6 Å². The molecule has 1 unspecified atom stereocenters. The van der Waals surface area contributed by atoms with Gasteiger partial charge in [-0.05, 0) is 37.1 Å². The van der Waals surface area contributed by atoms with Gasteiger partial charge in [0.05, 0.1) is 19.0 Å². The first-order valence-electron chi connectivity index (χ1n) is 6.28. The van der Waals surface area contributed by atoms with Crippen LogP contribution < -0.4 is 10.2 Å². The van der Waals surface area contributed by atoms with Crippen LogP contribution in [0, 0.1) is 13.8 Å². The molecule has 19 heavy (non-hydrogen) atoms. The van der Waals surface area contributed by atoms with E-state index in [1.54, 1.807) is 0 Å². The summed E-state index contributed by atoms with van der Waals surface area (Å²) in [6.45, 7) is 4.82. The number of carbonyl (C=O) groups excluding carboxylic acids is 1. The number of benzene rings is 1. The predicted molar refractivity (Wildman–Crippen MR) is 72.3 cm³/mol. The summed E-state index contributed by atoms with van der Waals surface area (Å²) >= 11 is 0. The Labute approximate surface area is 112 Å². The number of aliphatic carboxylic acids is 1. The molecule has 2 N–H and O–H groups in total. The molecule has 5 nitrogen and oxygen atoms in total. The average molecular weight is 262 g/mol. The quantitative estimate of drug-likeness (QED) is 0.855. The molecule has 1 heterocycles. The third-order valence-corrected chi connectivity index (χ3v) is 3.13. The zero-order valence-electron chi connectivity index (χ0n) is 11.1. The van der Waals surface area contributed by atoms with Crippen molar-refractivity contribution < 1.29 is 14.7 Å². The lowest BCUT2D eigenvalue weighted by Gasteiger charge is -2.34. The molecule has 1 fully saturated rings. The maximum Gasteiger partial charge on any atom is 0.305 e. The second kappa shape index (κ2) is 5.30. The number of rotatable bonds is 3. The van der Waals surface area contributed by atoms with E-state index < -0.39 is 5.97 Å². The fourth-order valence-corrected chi connectivity index (χ4v) is 2.48. The summed E-state index contributed by atoms with van der Waals surface area (Å²) in [6.07, 6.45) is -0.0486. The van der Waals surface area contributed by atoms with Crippen LogP contribution in [0.3, 0.4) is 0 Å². The molecular weight excluding hydrogens is 244 g/mol. The molecule has 1 aromatic carbocycles. The second-order valence-electron chi connectivity index (χ2n) is 5.09. The van der Waals surface area contributed by atoms with Crippen LogP contribution in [0.4, 0.5) is 5.69 Å². The highest BCUT2D eigenvalue weighted by Gasteiger charge is 2.26. The van der Waals surface area contributed by atoms with E-state index in [2.05, 4.69) is 11.4 Å². The third kappa shape index (κ3) is 3.47. The number of nitrogens with one attached hydrogen (secondary N) is 1. The molecule has 0 radical (unpaired) electrons. The Kier molecular flexibility index (Phi) is 3.74. The smallest absolute Gasteiger partial charge is 0.305 e.